The van der Waals surface area contributed by atoms with Crippen LogP contribution in [0.5, 0.6) is 0 Å². The Bertz CT molecular complexity index is 290. The normalized spacial score (nSPS) is 11.3. The van der Waals surface area contributed by atoms with Crippen molar-refractivity contribution in [1.29, 1.82) is 0 Å². The lowest BCUT2D eigenvalue weighted by Gasteiger charge is -2.12. The van der Waals surface area contributed by atoms with Crippen LogP contribution in [0, 0.1) is 6.92 Å². The molecule has 1 aromatic rings. The second-order valence-corrected chi connectivity index (χ2v) is 3.59. The topological polar surface area (TPSA) is 0 Å². The van der Waals surface area contributed by atoms with E-state index in [1.807, 2.05) is 26.8 Å². The number of hydrogen-bond donors (Lipinski definition) is 0. The molecule has 0 atom stereocenters. The maximum absolute atomic E-state index is 12.6. The molecule has 13 heavy (non-hydrogen) atoms. The van der Waals surface area contributed by atoms with E-state index in [9.17, 15) is 8.78 Å². The molecule has 1 rings (SSSR count). The standard InChI is InChI=1S/C11H14F2/c1-7(2)9-5-4-8(3)6-10(9)11(12)13/h4-7,11H,1-3H3. The van der Waals surface area contributed by atoms with Gasteiger partial charge in [0.15, 0.2) is 0 Å². The maximum Gasteiger partial charge on any atom is 0.264 e. The lowest BCUT2D eigenvalue weighted by molar-refractivity contribution is 0.150. The van der Waals surface area contributed by atoms with Crippen LogP contribution in [0.4, 0.5) is 8.78 Å². The number of hydrogen-bond acceptors (Lipinski definition) is 0. The van der Waals surface area contributed by atoms with Crippen LogP contribution in [0.25, 0.3) is 0 Å². The van der Waals surface area contributed by atoms with Crippen LogP contribution in [-0.2, 0) is 0 Å². The van der Waals surface area contributed by atoms with E-state index in [1.165, 1.54) is 0 Å². The zero-order valence-corrected chi connectivity index (χ0v) is 8.14. The first kappa shape index (κ1) is 10.2. The number of alkyl halides is 2. The summed E-state index contributed by atoms with van der Waals surface area (Å²) in [7, 11) is 0. The third-order valence-corrected chi connectivity index (χ3v) is 2.10. The molecule has 0 saturated carbocycles. The first-order valence-electron chi connectivity index (χ1n) is 4.41. The number of benzene rings is 1. The van der Waals surface area contributed by atoms with Gasteiger partial charge in [0.05, 0.1) is 0 Å². The molecule has 72 valence electrons. The van der Waals surface area contributed by atoms with E-state index in [1.54, 1.807) is 12.1 Å². The molecule has 0 saturated heterocycles. The average molecular weight is 184 g/mol. The Kier molecular flexibility index (Phi) is 3.02. The Morgan fingerprint density at radius 2 is 1.69 bits per heavy atom. The van der Waals surface area contributed by atoms with Crippen molar-refractivity contribution >= 4 is 0 Å². The van der Waals surface area contributed by atoms with E-state index in [2.05, 4.69) is 0 Å². The molecular formula is C11H14F2. The zero-order valence-electron chi connectivity index (χ0n) is 8.14. The highest BCUT2D eigenvalue weighted by Gasteiger charge is 2.14. The van der Waals surface area contributed by atoms with Gasteiger partial charge in [0, 0.05) is 5.56 Å². The fourth-order valence-electron chi connectivity index (χ4n) is 1.41. The summed E-state index contributed by atoms with van der Waals surface area (Å²) < 4.78 is 25.1. The van der Waals surface area contributed by atoms with Crippen molar-refractivity contribution < 1.29 is 8.78 Å². The largest absolute Gasteiger partial charge is 0.264 e. The summed E-state index contributed by atoms with van der Waals surface area (Å²) in [6, 6.07) is 5.24. The smallest absolute Gasteiger partial charge is 0.205 e. The zero-order chi connectivity index (χ0) is 10.0. The van der Waals surface area contributed by atoms with Crippen LogP contribution in [-0.4, -0.2) is 0 Å². The fraction of sp³-hybridized carbons (Fsp3) is 0.455. The van der Waals surface area contributed by atoms with Gasteiger partial charge < -0.3 is 0 Å². The van der Waals surface area contributed by atoms with Crippen LogP contribution in [0.3, 0.4) is 0 Å². The highest BCUT2D eigenvalue weighted by molar-refractivity contribution is 5.34. The van der Waals surface area contributed by atoms with E-state index in [0.717, 1.165) is 11.1 Å². The van der Waals surface area contributed by atoms with Gasteiger partial charge >= 0.3 is 0 Å². The summed E-state index contributed by atoms with van der Waals surface area (Å²) in [6.45, 7) is 5.68. The highest BCUT2D eigenvalue weighted by Crippen LogP contribution is 2.28. The Morgan fingerprint density at radius 3 is 2.15 bits per heavy atom. The van der Waals surface area contributed by atoms with Crippen molar-refractivity contribution in [3.8, 4) is 0 Å². The molecule has 0 unspecified atom stereocenters. The first-order valence-corrected chi connectivity index (χ1v) is 4.41. The highest BCUT2D eigenvalue weighted by atomic mass is 19.3. The number of halogens is 2. The second-order valence-electron chi connectivity index (χ2n) is 3.59. The predicted molar refractivity (Wildman–Crippen MR) is 50.2 cm³/mol. The van der Waals surface area contributed by atoms with E-state index in [4.69, 9.17) is 0 Å². The third-order valence-electron chi connectivity index (χ3n) is 2.10. The molecule has 0 aliphatic rings. The lowest BCUT2D eigenvalue weighted by atomic mass is 9.96. The molecule has 0 radical (unpaired) electrons. The van der Waals surface area contributed by atoms with Crippen molar-refractivity contribution in [2.24, 2.45) is 0 Å². The minimum absolute atomic E-state index is 0.157. The van der Waals surface area contributed by atoms with Crippen LogP contribution in [0.15, 0.2) is 18.2 Å². The molecule has 1 aromatic carbocycles. The summed E-state index contributed by atoms with van der Waals surface area (Å²) in [5.74, 6) is 0.157. The molecule has 2 heteroatoms. The fourth-order valence-corrected chi connectivity index (χ4v) is 1.41. The van der Waals surface area contributed by atoms with Crippen LogP contribution in [0.2, 0.25) is 0 Å². The molecule has 0 heterocycles. The summed E-state index contributed by atoms with van der Waals surface area (Å²) in [5.41, 5.74) is 1.82. The quantitative estimate of drug-likeness (QED) is 0.650. The van der Waals surface area contributed by atoms with Crippen molar-refractivity contribution in [1.82, 2.24) is 0 Å². The van der Waals surface area contributed by atoms with Crippen molar-refractivity contribution in [3.05, 3.63) is 34.9 Å². The second kappa shape index (κ2) is 3.86. The minimum Gasteiger partial charge on any atom is -0.205 e. The molecule has 0 spiro atoms. The average Bonchev–Trinajstić information content (AvgIpc) is 2.03. The third kappa shape index (κ3) is 2.27. The molecule has 0 bridgehead atoms. The van der Waals surface area contributed by atoms with Gasteiger partial charge in [-0.1, -0.05) is 37.6 Å². The van der Waals surface area contributed by atoms with Gasteiger partial charge in [-0.15, -0.1) is 0 Å². The molecule has 0 nitrogen and oxygen atoms in total. The van der Waals surface area contributed by atoms with E-state index < -0.39 is 6.43 Å². The molecule has 0 fully saturated rings. The molecule has 0 aliphatic carbocycles. The maximum atomic E-state index is 12.6. The van der Waals surface area contributed by atoms with Crippen LogP contribution >= 0.6 is 0 Å². The Labute approximate surface area is 77.6 Å². The van der Waals surface area contributed by atoms with Crippen LogP contribution in [0.1, 0.15) is 42.9 Å². The summed E-state index contributed by atoms with van der Waals surface area (Å²) in [4.78, 5) is 0. The van der Waals surface area contributed by atoms with Gasteiger partial charge in [-0.2, -0.15) is 0 Å². The van der Waals surface area contributed by atoms with Gasteiger partial charge in [-0.3, -0.25) is 0 Å². The van der Waals surface area contributed by atoms with Gasteiger partial charge in [0.25, 0.3) is 6.43 Å². The number of rotatable bonds is 2. The lowest BCUT2D eigenvalue weighted by Crippen LogP contribution is -1.97. The Balaban J connectivity index is 3.19. The summed E-state index contributed by atoms with van der Waals surface area (Å²) >= 11 is 0. The van der Waals surface area contributed by atoms with Crippen molar-refractivity contribution in [3.63, 3.8) is 0 Å². The summed E-state index contributed by atoms with van der Waals surface area (Å²) in [5, 5.41) is 0. The number of aryl methyl sites for hydroxylation is 1. The Hall–Kier alpha value is -0.920. The monoisotopic (exact) mass is 184 g/mol. The molecular weight excluding hydrogens is 170 g/mol. The van der Waals surface area contributed by atoms with E-state index >= 15 is 0 Å². The molecule has 0 aliphatic heterocycles. The van der Waals surface area contributed by atoms with Crippen LogP contribution < -0.4 is 0 Å². The van der Waals surface area contributed by atoms with Gasteiger partial charge in [0.2, 0.25) is 0 Å². The predicted octanol–water partition coefficient (Wildman–Crippen LogP) is 4.06. The molecule has 0 N–H and O–H groups in total. The van der Waals surface area contributed by atoms with E-state index in [-0.39, 0.29) is 11.5 Å². The van der Waals surface area contributed by atoms with Gasteiger partial charge in [0.1, 0.15) is 0 Å². The SMILES string of the molecule is Cc1ccc(C(C)C)c(C(F)F)c1. The Morgan fingerprint density at radius 1 is 1.08 bits per heavy atom. The van der Waals surface area contributed by atoms with Crippen molar-refractivity contribution in [2.75, 3.05) is 0 Å². The summed E-state index contributed by atoms with van der Waals surface area (Å²) in [6.07, 6.45) is -2.36. The minimum atomic E-state index is -2.36. The van der Waals surface area contributed by atoms with Gasteiger partial charge in [-0.25, -0.2) is 8.78 Å². The van der Waals surface area contributed by atoms with E-state index in [0.29, 0.717) is 0 Å². The molecule has 0 amide bonds. The first-order chi connectivity index (χ1) is 6.02. The van der Waals surface area contributed by atoms with Crippen molar-refractivity contribution in [2.45, 2.75) is 33.1 Å². The van der Waals surface area contributed by atoms with Gasteiger partial charge in [-0.05, 0) is 18.4 Å². The molecule has 0 aromatic heterocycles.